The molecule has 3 aromatic rings. The van der Waals surface area contributed by atoms with E-state index in [1.807, 2.05) is 0 Å². The van der Waals surface area contributed by atoms with E-state index >= 15 is 0 Å². The largest absolute Gasteiger partial charge is 0.325 e. The normalized spacial score (nSPS) is 18.0. The fraction of sp³-hybridized carbons (Fsp3) is 0.238. The fourth-order valence-corrected chi connectivity index (χ4v) is 4.69. The number of anilines is 1. The summed E-state index contributed by atoms with van der Waals surface area (Å²) in [5.74, 6) is -1.29. The van der Waals surface area contributed by atoms with Crippen LogP contribution >= 0.6 is 0 Å². The third-order valence-electron chi connectivity index (χ3n) is 5.64. The van der Waals surface area contributed by atoms with Crippen molar-refractivity contribution in [3.63, 3.8) is 0 Å². The SMILES string of the molecule is CNS(=O)(=O)c1cc(NC(=O)CN2C(=O)NC(C)(c3cccc(-n4cnnn4)c3)C2=O)ccc1C. The van der Waals surface area contributed by atoms with E-state index in [4.69, 9.17) is 0 Å². The lowest BCUT2D eigenvalue weighted by molar-refractivity contribution is -0.133. The van der Waals surface area contributed by atoms with Crippen molar-refractivity contribution in [3.05, 3.63) is 59.9 Å². The molecule has 3 N–H and O–H groups in total. The van der Waals surface area contributed by atoms with Gasteiger partial charge in [0.15, 0.2) is 0 Å². The summed E-state index contributed by atoms with van der Waals surface area (Å²) in [4.78, 5) is 39.3. The summed E-state index contributed by atoms with van der Waals surface area (Å²) >= 11 is 0. The Kier molecular flexibility index (Phi) is 6.08. The molecule has 1 unspecified atom stereocenters. The van der Waals surface area contributed by atoms with Gasteiger partial charge in [-0.3, -0.25) is 14.5 Å². The smallest absolute Gasteiger partial charge is 0.324 e. The number of nitrogens with zero attached hydrogens (tertiary/aromatic N) is 5. The molecule has 0 spiro atoms. The zero-order chi connectivity index (χ0) is 25.4. The van der Waals surface area contributed by atoms with Gasteiger partial charge >= 0.3 is 6.03 Å². The van der Waals surface area contributed by atoms with Gasteiger partial charge in [-0.2, -0.15) is 0 Å². The van der Waals surface area contributed by atoms with Crippen LogP contribution in [0.4, 0.5) is 10.5 Å². The predicted molar refractivity (Wildman–Crippen MR) is 123 cm³/mol. The number of aromatic nitrogens is 4. The molecule has 1 aromatic heterocycles. The first-order chi connectivity index (χ1) is 16.5. The molecule has 4 rings (SSSR count). The summed E-state index contributed by atoms with van der Waals surface area (Å²) in [6.45, 7) is 2.60. The molecule has 2 aromatic carbocycles. The van der Waals surface area contributed by atoms with Gasteiger partial charge in [-0.15, -0.1) is 5.10 Å². The van der Waals surface area contributed by atoms with Crippen LogP contribution in [0.1, 0.15) is 18.1 Å². The molecule has 2 heterocycles. The average molecular weight is 499 g/mol. The maximum Gasteiger partial charge on any atom is 0.325 e. The molecule has 0 bridgehead atoms. The second kappa shape index (κ2) is 8.88. The van der Waals surface area contributed by atoms with Gasteiger partial charge in [-0.25, -0.2) is 22.6 Å². The topological polar surface area (TPSA) is 168 Å². The second-order valence-electron chi connectivity index (χ2n) is 7.99. The number of hydrogen-bond donors (Lipinski definition) is 3. The number of rotatable bonds is 7. The van der Waals surface area contributed by atoms with Crippen LogP contribution in [0.25, 0.3) is 5.69 Å². The van der Waals surface area contributed by atoms with E-state index in [1.165, 1.54) is 30.2 Å². The lowest BCUT2D eigenvalue weighted by atomic mass is 9.91. The van der Waals surface area contributed by atoms with Crippen molar-refractivity contribution in [3.8, 4) is 5.69 Å². The van der Waals surface area contributed by atoms with Crippen molar-refractivity contribution in [1.82, 2.24) is 35.1 Å². The number of hydrogen-bond acceptors (Lipinski definition) is 8. The Balaban J connectivity index is 1.52. The molecule has 35 heavy (non-hydrogen) atoms. The number of carbonyl (C=O) groups is 3. The summed E-state index contributed by atoms with van der Waals surface area (Å²) in [6.07, 6.45) is 1.39. The highest BCUT2D eigenvalue weighted by atomic mass is 32.2. The Labute approximate surface area is 200 Å². The molecule has 1 fully saturated rings. The van der Waals surface area contributed by atoms with Crippen LogP contribution in [0.2, 0.25) is 0 Å². The van der Waals surface area contributed by atoms with Gasteiger partial charge in [0.2, 0.25) is 15.9 Å². The van der Waals surface area contributed by atoms with E-state index in [2.05, 4.69) is 30.9 Å². The van der Waals surface area contributed by atoms with Crippen molar-refractivity contribution in [2.45, 2.75) is 24.3 Å². The standard InChI is InChI=1S/C21H22N8O5S/c1-13-7-8-15(10-17(13)35(33,34)22-3)24-18(30)11-28-19(31)21(2,25-20(28)32)14-5-4-6-16(9-14)29-12-23-26-27-29/h4-10,12,22H,11H2,1-3H3,(H,24,30)(H,25,32). The lowest BCUT2D eigenvalue weighted by Crippen LogP contribution is -2.42. The number of amides is 4. The molecule has 0 saturated carbocycles. The highest BCUT2D eigenvalue weighted by molar-refractivity contribution is 7.89. The van der Waals surface area contributed by atoms with E-state index in [-0.39, 0.29) is 10.6 Å². The van der Waals surface area contributed by atoms with Crippen LogP contribution in [-0.4, -0.2) is 65.0 Å². The number of nitrogens with one attached hydrogen (secondary N) is 3. The fourth-order valence-electron chi connectivity index (χ4n) is 3.70. The molecule has 4 amide bonds. The Morgan fingerprint density at radius 2 is 1.94 bits per heavy atom. The quantitative estimate of drug-likeness (QED) is 0.390. The first-order valence-electron chi connectivity index (χ1n) is 10.4. The molecule has 13 nitrogen and oxygen atoms in total. The minimum Gasteiger partial charge on any atom is -0.324 e. The number of carbonyl (C=O) groups excluding carboxylic acids is 3. The van der Waals surface area contributed by atoms with Gasteiger partial charge in [0.05, 0.1) is 10.6 Å². The van der Waals surface area contributed by atoms with Crippen LogP contribution in [0.5, 0.6) is 0 Å². The van der Waals surface area contributed by atoms with Crippen molar-refractivity contribution in [2.75, 3.05) is 18.9 Å². The van der Waals surface area contributed by atoms with Gasteiger partial charge in [0.1, 0.15) is 18.4 Å². The van der Waals surface area contributed by atoms with Crippen LogP contribution < -0.4 is 15.4 Å². The van der Waals surface area contributed by atoms with Crippen LogP contribution in [0.3, 0.4) is 0 Å². The summed E-state index contributed by atoms with van der Waals surface area (Å²) in [5, 5.41) is 16.2. The predicted octanol–water partition coefficient (Wildman–Crippen LogP) is 0.285. The first-order valence-corrected chi connectivity index (χ1v) is 11.9. The third-order valence-corrected chi connectivity index (χ3v) is 7.20. The van der Waals surface area contributed by atoms with Gasteiger partial charge in [-0.1, -0.05) is 18.2 Å². The van der Waals surface area contributed by atoms with Crippen molar-refractivity contribution >= 4 is 33.6 Å². The van der Waals surface area contributed by atoms with Crippen LogP contribution in [-0.2, 0) is 25.2 Å². The Morgan fingerprint density at radius 1 is 1.17 bits per heavy atom. The second-order valence-corrected chi connectivity index (χ2v) is 9.84. The first kappa shape index (κ1) is 24.0. The highest BCUT2D eigenvalue weighted by Gasteiger charge is 2.49. The molecule has 14 heteroatoms. The van der Waals surface area contributed by atoms with Gasteiger partial charge in [0, 0.05) is 5.69 Å². The van der Waals surface area contributed by atoms with E-state index < -0.39 is 40.0 Å². The van der Waals surface area contributed by atoms with Gasteiger partial charge < -0.3 is 10.6 Å². The molecule has 1 aliphatic rings. The van der Waals surface area contributed by atoms with Gasteiger partial charge in [-0.05, 0) is 66.7 Å². The maximum absolute atomic E-state index is 13.2. The van der Waals surface area contributed by atoms with Crippen LogP contribution in [0.15, 0.2) is 53.7 Å². The molecule has 0 radical (unpaired) electrons. The number of sulfonamides is 1. The molecular weight excluding hydrogens is 476 g/mol. The molecular formula is C21H22N8O5S. The number of tetrazole rings is 1. The summed E-state index contributed by atoms with van der Waals surface area (Å²) < 4.78 is 28.0. The summed E-state index contributed by atoms with van der Waals surface area (Å²) in [6, 6.07) is 10.4. The number of benzene rings is 2. The van der Waals surface area contributed by atoms with Crippen molar-refractivity contribution in [1.29, 1.82) is 0 Å². The Hall–Kier alpha value is -4.17. The third kappa shape index (κ3) is 4.48. The summed E-state index contributed by atoms with van der Waals surface area (Å²) in [7, 11) is -2.45. The minimum absolute atomic E-state index is 0.00262. The Morgan fingerprint density at radius 3 is 2.63 bits per heavy atom. The highest BCUT2D eigenvalue weighted by Crippen LogP contribution is 2.30. The van der Waals surface area contributed by atoms with Crippen molar-refractivity contribution in [2.24, 2.45) is 0 Å². The van der Waals surface area contributed by atoms with E-state index in [1.54, 1.807) is 44.2 Å². The lowest BCUT2D eigenvalue weighted by Gasteiger charge is -2.22. The number of urea groups is 1. The molecule has 1 saturated heterocycles. The zero-order valence-electron chi connectivity index (χ0n) is 19.0. The van der Waals surface area contributed by atoms with E-state index in [0.29, 0.717) is 16.8 Å². The molecule has 182 valence electrons. The summed E-state index contributed by atoms with van der Waals surface area (Å²) in [5.41, 5.74) is 0.342. The zero-order valence-corrected chi connectivity index (χ0v) is 19.8. The molecule has 1 aliphatic heterocycles. The monoisotopic (exact) mass is 498 g/mol. The Bertz CT molecular complexity index is 1420. The maximum atomic E-state index is 13.2. The average Bonchev–Trinajstić information content (AvgIpc) is 3.44. The molecule has 0 aliphatic carbocycles. The number of imide groups is 1. The minimum atomic E-state index is -3.74. The van der Waals surface area contributed by atoms with Crippen molar-refractivity contribution < 1.29 is 22.8 Å². The van der Waals surface area contributed by atoms with E-state index in [0.717, 1.165) is 4.90 Å². The number of aryl methyl sites for hydroxylation is 1. The van der Waals surface area contributed by atoms with Gasteiger partial charge in [0.25, 0.3) is 5.91 Å². The van der Waals surface area contributed by atoms with Crippen LogP contribution in [0, 0.1) is 6.92 Å². The molecule has 1 atom stereocenters. The van der Waals surface area contributed by atoms with E-state index in [9.17, 15) is 22.8 Å².